The van der Waals surface area contributed by atoms with Crippen molar-refractivity contribution in [2.75, 3.05) is 0 Å². The average Bonchev–Trinajstić information content (AvgIpc) is 2.98. The number of rotatable bonds is 4. The van der Waals surface area contributed by atoms with Gasteiger partial charge in [-0.25, -0.2) is 9.37 Å². The second-order valence-electron chi connectivity index (χ2n) is 4.98. The molecule has 23 heavy (non-hydrogen) atoms. The fraction of sp³-hybridized carbons (Fsp3) is 0.118. The fourth-order valence-corrected chi connectivity index (χ4v) is 3.04. The molecule has 0 saturated carbocycles. The Hall–Kier alpha value is -2.60. The molecule has 4 nitrogen and oxygen atoms in total. The van der Waals surface area contributed by atoms with Gasteiger partial charge in [-0.15, -0.1) is 11.3 Å². The van der Waals surface area contributed by atoms with Crippen LogP contribution in [0.2, 0.25) is 0 Å². The summed E-state index contributed by atoms with van der Waals surface area (Å²) in [6.45, 7) is 2.14. The number of amides is 1. The zero-order chi connectivity index (χ0) is 16.2. The van der Waals surface area contributed by atoms with Crippen LogP contribution in [-0.4, -0.2) is 15.9 Å². The van der Waals surface area contributed by atoms with Crippen LogP contribution in [0.15, 0.2) is 48.1 Å². The van der Waals surface area contributed by atoms with Crippen molar-refractivity contribution in [3.63, 3.8) is 0 Å². The van der Waals surface area contributed by atoms with Crippen LogP contribution >= 0.6 is 11.3 Å². The number of nitrogens with zero attached hydrogens (tertiary/aromatic N) is 2. The Morgan fingerprint density at radius 2 is 2.13 bits per heavy atom. The van der Waals surface area contributed by atoms with E-state index in [1.54, 1.807) is 36.0 Å². The highest BCUT2D eigenvalue weighted by Crippen LogP contribution is 2.28. The van der Waals surface area contributed by atoms with Gasteiger partial charge in [0.05, 0.1) is 27.3 Å². The van der Waals surface area contributed by atoms with Crippen molar-refractivity contribution in [2.45, 2.75) is 13.5 Å². The summed E-state index contributed by atoms with van der Waals surface area (Å²) in [6, 6.07) is 9.60. The first-order chi connectivity index (χ1) is 11.1. The predicted octanol–water partition coefficient (Wildman–Crippen LogP) is 3.58. The Morgan fingerprint density at radius 1 is 1.26 bits per heavy atom. The van der Waals surface area contributed by atoms with Gasteiger partial charge in [0.2, 0.25) is 0 Å². The Bertz CT molecular complexity index is 847. The van der Waals surface area contributed by atoms with E-state index < -0.39 is 0 Å². The van der Waals surface area contributed by atoms with Crippen molar-refractivity contribution < 1.29 is 9.18 Å². The molecule has 0 saturated heterocycles. The second-order valence-corrected chi connectivity index (χ2v) is 5.83. The van der Waals surface area contributed by atoms with Gasteiger partial charge in [0.15, 0.2) is 0 Å². The lowest BCUT2D eigenvalue weighted by Crippen LogP contribution is -2.23. The molecule has 6 heteroatoms. The Kier molecular flexibility index (Phi) is 4.43. The highest BCUT2D eigenvalue weighted by atomic mass is 32.1. The lowest BCUT2D eigenvalue weighted by molar-refractivity contribution is 0.0951. The predicted molar refractivity (Wildman–Crippen MR) is 87.7 cm³/mol. The lowest BCUT2D eigenvalue weighted by Gasteiger charge is -2.09. The number of aromatic nitrogens is 2. The third kappa shape index (κ3) is 3.43. The summed E-state index contributed by atoms with van der Waals surface area (Å²) in [4.78, 5) is 21.9. The van der Waals surface area contributed by atoms with E-state index in [9.17, 15) is 9.18 Å². The average molecular weight is 327 g/mol. The van der Waals surface area contributed by atoms with Crippen LogP contribution in [-0.2, 0) is 6.54 Å². The Balaban J connectivity index is 1.82. The molecule has 3 rings (SSSR count). The second kappa shape index (κ2) is 6.66. The first-order valence-corrected chi connectivity index (χ1v) is 7.91. The number of aryl methyl sites for hydroxylation is 1. The van der Waals surface area contributed by atoms with Crippen molar-refractivity contribution in [1.82, 2.24) is 15.3 Å². The first kappa shape index (κ1) is 15.3. The van der Waals surface area contributed by atoms with Crippen molar-refractivity contribution >= 4 is 17.2 Å². The van der Waals surface area contributed by atoms with Crippen LogP contribution in [0, 0.1) is 12.7 Å². The highest BCUT2D eigenvalue weighted by Gasteiger charge is 2.16. The third-order valence-electron chi connectivity index (χ3n) is 3.36. The molecular formula is C17H14FN3OS. The van der Waals surface area contributed by atoms with E-state index in [0.29, 0.717) is 16.8 Å². The fourth-order valence-electron chi connectivity index (χ4n) is 2.22. The van der Waals surface area contributed by atoms with Gasteiger partial charge in [0, 0.05) is 12.7 Å². The molecule has 3 aromatic rings. The van der Waals surface area contributed by atoms with E-state index in [2.05, 4.69) is 15.3 Å². The third-order valence-corrected chi connectivity index (χ3v) is 4.29. The van der Waals surface area contributed by atoms with Crippen LogP contribution in [0.3, 0.4) is 0 Å². The number of benzene rings is 1. The summed E-state index contributed by atoms with van der Waals surface area (Å²) in [7, 11) is 0. The summed E-state index contributed by atoms with van der Waals surface area (Å²) >= 11 is 1.45. The number of carbonyl (C=O) groups excluding carboxylic acids is 1. The van der Waals surface area contributed by atoms with Crippen molar-refractivity contribution in [2.24, 2.45) is 0 Å². The largest absolute Gasteiger partial charge is 0.348 e. The molecule has 0 aliphatic heterocycles. The normalized spacial score (nSPS) is 10.5. The first-order valence-electron chi connectivity index (χ1n) is 7.03. The number of hydrogen-bond acceptors (Lipinski definition) is 4. The molecule has 1 amide bonds. The SMILES string of the molecule is Cc1ncsc1-c1ncccc1C(=O)NCc1cccc(F)c1. The number of thiazole rings is 1. The molecule has 1 aromatic carbocycles. The van der Waals surface area contributed by atoms with Gasteiger partial charge in [-0.2, -0.15) is 0 Å². The maximum atomic E-state index is 13.2. The molecule has 0 aliphatic carbocycles. The number of hydrogen-bond donors (Lipinski definition) is 1. The van der Waals surface area contributed by atoms with E-state index >= 15 is 0 Å². The van der Waals surface area contributed by atoms with Crippen molar-refractivity contribution in [1.29, 1.82) is 0 Å². The number of carbonyl (C=O) groups is 1. The van der Waals surface area contributed by atoms with E-state index in [0.717, 1.165) is 10.6 Å². The zero-order valence-corrected chi connectivity index (χ0v) is 13.2. The van der Waals surface area contributed by atoms with Crippen molar-refractivity contribution in [3.05, 3.63) is 70.7 Å². The summed E-state index contributed by atoms with van der Waals surface area (Å²) in [5.41, 5.74) is 4.37. The van der Waals surface area contributed by atoms with Crippen LogP contribution in [0.4, 0.5) is 4.39 Å². The maximum Gasteiger partial charge on any atom is 0.253 e. The quantitative estimate of drug-likeness (QED) is 0.797. The van der Waals surface area contributed by atoms with Gasteiger partial charge in [0.1, 0.15) is 5.82 Å². The zero-order valence-electron chi connectivity index (χ0n) is 12.4. The van der Waals surface area contributed by atoms with E-state index in [-0.39, 0.29) is 18.3 Å². The molecule has 0 unspecified atom stereocenters. The molecule has 2 heterocycles. The smallest absolute Gasteiger partial charge is 0.253 e. The molecule has 0 bridgehead atoms. The Morgan fingerprint density at radius 3 is 2.87 bits per heavy atom. The number of halogens is 1. The monoisotopic (exact) mass is 327 g/mol. The Labute approximate surface area is 137 Å². The summed E-state index contributed by atoms with van der Waals surface area (Å²) < 4.78 is 13.2. The van der Waals surface area contributed by atoms with Gasteiger partial charge >= 0.3 is 0 Å². The minimum absolute atomic E-state index is 0.245. The van der Waals surface area contributed by atoms with E-state index in [4.69, 9.17) is 0 Å². The molecular weight excluding hydrogens is 313 g/mol. The standard InChI is InChI=1S/C17H14FN3OS/c1-11-16(23-10-21-11)15-14(6-3-7-19-15)17(22)20-9-12-4-2-5-13(18)8-12/h2-8,10H,9H2,1H3,(H,20,22). The molecule has 0 spiro atoms. The molecule has 116 valence electrons. The summed E-state index contributed by atoms with van der Waals surface area (Å²) in [5, 5.41) is 2.80. The molecule has 0 fully saturated rings. The van der Waals surface area contributed by atoms with Crippen LogP contribution in [0.1, 0.15) is 21.6 Å². The minimum atomic E-state index is -0.320. The van der Waals surface area contributed by atoms with Gasteiger partial charge in [-0.05, 0) is 36.8 Å². The molecule has 2 aromatic heterocycles. The number of pyridine rings is 1. The highest BCUT2D eigenvalue weighted by molar-refractivity contribution is 7.13. The molecule has 0 atom stereocenters. The maximum absolute atomic E-state index is 13.2. The van der Waals surface area contributed by atoms with E-state index in [1.807, 2.05) is 6.92 Å². The lowest BCUT2D eigenvalue weighted by atomic mass is 10.1. The minimum Gasteiger partial charge on any atom is -0.348 e. The van der Waals surface area contributed by atoms with Gasteiger partial charge in [0.25, 0.3) is 5.91 Å². The van der Waals surface area contributed by atoms with Crippen LogP contribution < -0.4 is 5.32 Å². The van der Waals surface area contributed by atoms with Crippen molar-refractivity contribution in [3.8, 4) is 10.6 Å². The molecule has 0 aliphatic rings. The van der Waals surface area contributed by atoms with Gasteiger partial charge in [-0.3, -0.25) is 9.78 Å². The molecule has 1 N–H and O–H groups in total. The van der Waals surface area contributed by atoms with Gasteiger partial charge in [-0.1, -0.05) is 12.1 Å². The summed E-state index contributed by atoms with van der Waals surface area (Å²) in [6.07, 6.45) is 1.65. The van der Waals surface area contributed by atoms with Gasteiger partial charge < -0.3 is 5.32 Å². The van der Waals surface area contributed by atoms with Crippen LogP contribution in [0.25, 0.3) is 10.6 Å². The van der Waals surface area contributed by atoms with E-state index in [1.165, 1.54) is 23.5 Å². The summed E-state index contributed by atoms with van der Waals surface area (Å²) in [5.74, 6) is -0.565. The molecule has 0 radical (unpaired) electrons. The topological polar surface area (TPSA) is 54.9 Å². The van der Waals surface area contributed by atoms with Crippen LogP contribution in [0.5, 0.6) is 0 Å². The number of nitrogens with one attached hydrogen (secondary N) is 1.